The van der Waals surface area contributed by atoms with Gasteiger partial charge in [-0.1, -0.05) is 37.1 Å². The molecule has 3 atom stereocenters. The Hall–Kier alpha value is -3.84. The average Bonchev–Trinajstić information content (AvgIpc) is 2.92. The number of para-hydroxylation sites is 1. The summed E-state index contributed by atoms with van der Waals surface area (Å²) in [7, 11) is 1.60. The quantitative estimate of drug-likeness (QED) is 0.425. The fourth-order valence-corrected chi connectivity index (χ4v) is 4.88. The summed E-state index contributed by atoms with van der Waals surface area (Å²) in [6.07, 6.45) is 8.19. The first-order chi connectivity index (χ1) is 17.1. The summed E-state index contributed by atoms with van der Waals surface area (Å²) in [5, 5.41) is 15.0. The highest BCUT2D eigenvalue weighted by molar-refractivity contribution is 5.95. The third kappa shape index (κ3) is 4.86. The van der Waals surface area contributed by atoms with Crippen LogP contribution in [0.1, 0.15) is 47.8 Å². The number of aliphatic hydroxyl groups excluding tert-OH is 1. The Morgan fingerprint density at radius 3 is 2.74 bits per heavy atom. The highest BCUT2D eigenvalue weighted by atomic mass is 16.5. The van der Waals surface area contributed by atoms with Crippen molar-refractivity contribution in [2.45, 2.75) is 37.8 Å². The van der Waals surface area contributed by atoms with Gasteiger partial charge in [-0.05, 0) is 48.7 Å². The molecule has 2 N–H and O–H groups in total. The minimum atomic E-state index is -0.511. The van der Waals surface area contributed by atoms with E-state index >= 15 is 0 Å². The molecule has 35 heavy (non-hydrogen) atoms. The van der Waals surface area contributed by atoms with E-state index in [9.17, 15) is 9.90 Å². The maximum Gasteiger partial charge on any atom is 0.270 e. The molecule has 0 bridgehead atoms. The number of pyridine rings is 3. The van der Waals surface area contributed by atoms with E-state index < -0.39 is 12.1 Å². The van der Waals surface area contributed by atoms with Crippen LogP contribution in [0.25, 0.3) is 22.2 Å². The van der Waals surface area contributed by atoms with Crippen molar-refractivity contribution in [3.63, 3.8) is 0 Å². The molecule has 1 saturated carbocycles. The molecule has 1 aliphatic carbocycles. The molecule has 3 heterocycles. The molecule has 0 aliphatic heterocycles. The Bertz CT molecular complexity index is 1330. The zero-order valence-electron chi connectivity index (χ0n) is 19.6. The van der Waals surface area contributed by atoms with Crippen LogP contribution in [0, 0.1) is 5.92 Å². The molecule has 7 heteroatoms. The molecule has 0 saturated heterocycles. The number of hydrogen-bond acceptors (Lipinski definition) is 6. The smallest absolute Gasteiger partial charge is 0.270 e. The highest BCUT2D eigenvalue weighted by Gasteiger charge is 2.34. The molecule has 0 radical (unpaired) electrons. The lowest BCUT2D eigenvalue weighted by atomic mass is 9.79. The van der Waals surface area contributed by atoms with E-state index in [4.69, 9.17) is 4.74 Å². The molecule has 1 fully saturated rings. The van der Waals surface area contributed by atoms with Gasteiger partial charge >= 0.3 is 0 Å². The van der Waals surface area contributed by atoms with Gasteiger partial charge in [0.1, 0.15) is 17.1 Å². The van der Waals surface area contributed by atoms with Crippen LogP contribution < -0.4 is 10.1 Å². The zero-order valence-corrected chi connectivity index (χ0v) is 19.6. The van der Waals surface area contributed by atoms with Crippen molar-refractivity contribution in [1.29, 1.82) is 0 Å². The Labute approximate surface area is 204 Å². The Balaban J connectivity index is 1.50. The van der Waals surface area contributed by atoms with Crippen LogP contribution in [0.2, 0.25) is 0 Å². The minimum Gasteiger partial charge on any atom is -0.494 e. The lowest BCUT2D eigenvalue weighted by Crippen LogP contribution is -2.40. The first-order valence-electron chi connectivity index (χ1n) is 11.9. The molecule has 178 valence electrons. The van der Waals surface area contributed by atoms with Gasteiger partial charge in [0.25, 0.3) is 5.91 Å². The maximum atomic E-state index is 13.3. The SMILES string of the molecule is COc1cc(C(NC(=O)c2ccc3ccccc3n2)[C@@H]2CCCC[C@@H]2O)cnc1-c1cccnc1. The Morgan fingerprint density at radius 2 is 1.94 bits per heavy atom. The minimum absolute atomic E-state index is 0.135. The van der Waals surface area contributed by atoms with Crippen molar-refractivity contribution in [2.24, 2.45) is 5.92 Å². The van der Waals surface area contributed by atoms with Crippen molar-refractivity contribution >= 4 is 16.8 Å². The van der Waals surface area contributed by atoms with Crippen LogP contribution in [0.5, 0.6) is 5.75 Å². The number of nitrogens with zero attached hydrogens (tertiary/aromatic N) is 3. The van der Waals surface area contributed by atoms with Gasteiger partial charge in [-0.15, -0.1) is 0 Å². The lowest BCUT2D eigenvalue weighted by molar-refractivity contribution is 0.0454. The number of amides is 1. The zero-order chi connectivity index (χ0) is 24.2. The molecular formula is C28H28N4O3. The van der Waals surface area contributed by atoms with Crippen LogP contribution in [-0.4, -0.2) is 39.2 Å². The number of rotatable bonds is 6. The van der Waals surface area contributed by atoms with Gasteiger partial charge in [-0.3, -0.25) is 14.8 Å². The predicted molar refractivity (Wildman–Crippen MR) is 134 cm³/mol. The second-order valence-corrected chi connectivity index (χ2v) is 8.92. The maximum absolute atomic E-state index is 13.3. The van der Waals surface area contributed by atoms with Gasteiger partial charge in [0.05, 0.1) is 24.8 Å². The van der Waals surface area contributed by atoms with Crippen molar-refractivity contribution in [1.82, 2.24) is 20.3 Å². The standard InChI is InChI=1S/C28H28N4O3/c1-35-25-15-20(17-30-27(25)19-8-6-14-29-16-19)26(21-9-3-5-11-24(21)33)32-28(34)23-13-12-18-7-2-4-10-22(18)31-23/h2,4,6-8,10,12-17,21,24,26,33H,3,5,9,11H2,1H3,(H,32,34)/t21-,24+,26?/m1/s1. The number of carbonyl (C=O) groups is 1. The van der Waals surface area contributed by atoms with E-state index in [2.05, 4.69) is 20.3 Å². The van der Waals surface area contributed by atoms with Gasteiger partial charge < -0.3 is 15.2 Å². The summed E-state index contributed by atoms with van der Waals surface area (Å²) >= 11 is 0. The van der Waals surface area contributed by atoms with Crippen LogP contribution in [0.4, 0.5) is 0 Å². The first kappa shape index (κ1) is 22.9. The number of hydrogen-bond donors (Lipinski definition) is 2. The van der Waals surface area contributed by atoms with Gasteiger partial charge in [0, 0.05) is 35.5 Å². The molecule has 5 rings (SSSR count). The summed E-state index contributed by atoms with van der Waals surface area (Å²) in [4.78, 5) is 26.7. The molecule has 1 amide bonds. The fraction of sp³-hybridized carbons (Fsp3) is 0.286. The molecule has 1 unspecified atom stereocenters. The summed E-state index contributed by atoms with van der Waals surface area (Å²) in [5.41, 5.74) is 3.41. The number of fused-ring (bicyclic) bond motifs is 1. The molecular weight excluding hydrogens is 440 g/mol. The van der Waals surface area contributed by atoms with Crippen LogP contribution in [0.15, 0.2) is 73.2 Å². The van der Waals surface area contributed by atoms with Crippen LogP contribution >= 0.6 is 0 Å². The van der Waals surface area contributed by atoms with E-state index in [0.717, 1.165) is 41.3 Å². The third-order valence-corrected chi connectivity index (χ3v) is 6.72. The van der Waals surface area contributed by atoms with Gasteiger partial charge in [-0.25, -0.2) is 4.98 Å². The monoisotopic (exact) mass is 468 g/mol. The number of aromatic nitrogens is 3. The fourth-order valence-electron chi connectivity index (χ4n) is 4.88. The lowest BCUT2D eigenvalue weighted by Gasteiger charge is -2.35. The number of aliphatic hydroxyl groups is 1. The average molecular weight is 469 g/mol. The number of carbonyl (C=O) groups excluding carboxylic acids is 1. The van der Waals surface area contributed by atoms with E-state index in [1.54, 1.807) is 31.8 Å². The molecule has 3 aromatic heterocycles. The molecule has 4 aromatic rings. The van der Waals surface area contributed by atoms with E-state index in [0.29, 0.717) is 23.6 Å². The topological polar surface area (TPSA) is 97.2 Å². The second kappa shape index (κ2) is 10.2. The molecule has 7 nitrogen and oxygen atoms in total. The van der Waals surface area contributed by atoms with E-state index in [1.165, 1.54) is 0 Å². The predicted octanol–water partition coefficient (Wildman–Crippen LogP) is 4.72. The van der Waals surface area contributed by atoms with Gasteiger partial charge in [0.2, 0.25) is 0 Å². The largest absolute Gasteiger partial charge is 0.494 e. The van der Waals surface area contributed by atoms with Gasteiger partial charge in [0.15, 0.2) is 0 Å². The van der Waals surface area contributed by atoms with Crippen molar-refractivity contribution < 1.29 is 14.6 Å². The van der Waals surface area contributed by atoms with Crippen molar-refractivity contribution in [3.8, 4) is 17.0 Å². The number of ether oxygens (including phenoxy) is 1. The number of nitrogens with one attached hydrogen (secondary N) is 1. The number of methoxy groups -OCH3 is 1. The van der Waals surface area contributed by atoms with Gasteiger partial charge in [-0.2, -0.15) is 0 Å². The van der Waals surface area contributed by atoms with Crippen LogP contribution in [0.3, 0.4) is 0 Å². The second-order valence-electron chi connectivity index (χ2n) is 8.92. The summed E-state index contributed by atoms with van der Waals surface area (Å²) in [6, 6.07) is 16.6. The number of benzene rings is 1. The van der Waals surface area contributed by atoms with Crippen molar-refractivity contribution in [3.05, 3.63) is 84.4 Å². The van der Waals surface area contributed by atoms with Crippen LogP contribution in [-0.2, 0) is 0 Å². The van der Waals surface area contributed by atoms with Crippen molar-refractivity contribution in [2.75, 3.05) is 7.11 Å². The summed E-state index contributed by atoms with van der Waals surface area (Å²) in [6.45, 7) is 0. The first-order valence-corrected chi connectivity index (χ1v) is 11.9. The molecule has 1 aromatic carbocycles. The van der Waals surface area contributed by atoms with E-state index in [-0.39, 0.29) is 11.8 Å². The molecule has 1 aliphatic rings. The normalized spacial score (nSPS) is 18.7. The molecule has 0 spiro atoms. The van der Waals surface area contributed by atoms with E-state index in [1.807, 2.05) is 48.5 Å². The summed E-state index contributed by atoms with van der Waals surface area (Å²) < 4.78 is 5.66. The summed E-state index contributed by atoms with van der Waals surface area (Å²) in [5.74, 6) is 0.168. The highest BCUT2D eigenvalue weighted by Crippen LogP contribution is 2.37. The Morgan fingerprint density at radius 1 is 1.09 bits per heavy atom. The third-order valence-electron chi connectivity index (χ3n) is 6.72. The Kier molecular flexibility index (Phi) is 6.68.